The fraction of sp³-hybridized carbons (Fsp3) is 0.316. The molecule has 26 heavy (non-hydrogen) atoms. The summed E-state index contributed by atoms with van der Waals surface area (Å²) in [6.07, 6.45) is 0. The molecule has 0 aliphatic carbocycles. The number of nitrogens with one attached hydrogen (secondary N) is 2. The van der Waals surface area contributed by atoms with Crippen molar-refractivity contribution in [2.45, 2.75) is 20.8 Å². The third kappa shape index (κ3) is 4.95. The van der Waals surface area contributed by atoms with Crippen LogP contribution in [0.1, 0.15) is 40.4 Å². The van der Waals surface area contributed by atoms with E-state index in [0.29, 0.717) is 28.9 Å². The third-order valence-electron chi connectivity index (χ3n) is 3.61. The Hall–Kier alpha value is -2.60. The molecule has 1 aromatic heterocycles. The van der Waals surface area contributed by atoms with E-state index in [0.717, 1.165) is 5.56 Å². The molecule has 2 amide bonds. The second-order valence-corrected chi connectivity index (χ2v) is 6.67. The van der Waals surface area contributed by atoms with Crippen LogP contribution < -0.4 is 15.4 Å². The highest BCUT2D eigenvalue weighted by atomic mass is 35.5. The summed E-state index contributed by atoms with van der Waals surface area (Å²) < 4.78 is 5.25. The van der Waals surface area contributed by atoms with Crippen LogP contribution in [0.2, 0.25) is 5.02 Å². The van der Waals surface area contributed by atoms with Crippen LogP contribution in [0.3, 0.4) is 0 Å². The van der Waals surface area contributed by atoms with E-state index in [-0.39, 0.29) is 17.3 Å². The topological polar surface area (TPSA) is 80.3 Å². The standard InChI is InChI=1S/C19H22ClN3O3/c1-11(2)10-21-18(24)14-6-5-7-15(22-14)19(25)23-16-8-12(3)13(20)9-17(16)26-4/h5-9,11H,10H2,1-4H3,(H,21,24)(H,23,25). The number of anilines is 1. The van der Waals surface area contributed by atoms with E-state index in [1.54, 1.807) is 30.3 Å². The van der Waals surface area contributed by atoms with Crippen molar-refractivity contribution >= 4 is 29.1 Å². The fourth-order valence-corrected chi connectivity index (χ4v) is 2.34. The number of nitrogens with zero attached hydrogens (tertiary/aromatic N) is 1. The monoisotopic (exact) mass is 375 g/mol. The average Bonchev–Trinajstić information content (AvgIpc) is 2.62. The van der Waals surface area contributed by atoms with Gasteiger partial charge in [-0.2, -0.15) is 0 Å². The normalized spacial score (nSPS) is 10.5. The number of carbonyl (C=O) groups excluding carboxylic acids is 2. The van der Waals surface area contributed by atoms with Crippen molar-refractivity contribution in [1.82, 2.24) is 10.3 Å². The van der Waals surface area contributed by atoms with Crippen LogP contribution in [0.25, 0.3) is 0 Å². The maximum Gasteiger partial charge on any atom is 0.274 e. The number of benzene rings is 1. The minimum absolute atomic E-state index is 0.136. The predicted molar refractivity (Wildman–Crippen MR) is 102 cm³/mol. The Bertz CT molecular complexity index is 822. The van der Waals surface area contributed by atoms with Gasteiger partial charge in [0.15, 0.2) is 0 Å². The van der Waals surface area contributed by atoms with Crippen molar-refractivity contribution in [1.29, 1.82) is 0 Å². The number of aromatic nitrogens is 1. The Morgan fingerprint density at radius 2 is 1.85 bits per heavy atom. The maximum atomic E-state index is 12.5. The third-order valence-corrected chi connectivity index (χ3v) is 4.02. The summed E-state index contributed by atoms with van der Waals surface area (Å²) in [6, 6.07) is 8.09. The summed E-state index contributed by atoms with van der Waals surface area (Å²) in [5.41, 5.74) is 1.61. The Balaban J connectivity index is 2.19. The summed E-state index contributed by atoms with van der Waals surface area (Å²) in [6.45, 7) is 6.37. The van der Waals surface area contributed by atoms with Gasteiger partial charge in [0.2, 0.25) is 0 Å². The molecule has 0 bridgehead atoms. The predicted octanol–water partition coefficient (Wildman–Crippen LogP) is 3.69. The van der Waals surface area contributed by atoms with Gasteiger partial charge in [0, 0.05) is 17.6 Å². The fourth-order valence-electron chi connectivity index (χ4n) is 2.19. The van der Waals surface area contributed by atoms with Gasteiger partial charge < -0.3 is 15.4 Å². The molecule has 1 heterocycles. The molecule has 2 aromatic rings. The number of pyridine rings is 1. The lowest BCUT2D eigenvalue weighted by molar-refractivity contribution is 0.0944. The molecule has 0 aliphatic heterocycles. The van der Waals surface area contributed by atoms with E-state index in [2.05, 4.69) is 15.6 Å². The molecule has 0 saturated carbocycles. The first-order valence-electron chi connectivity index (χ1n) is 8.22. The van der Waals surface area contributed by atoms with Crippen molar-refractivity contribution < 1.29 is 14.3 Å². The van der Waals surface area contributed by atoms with E-state index in [4.69, 9.17) is 16.3 Å². The van der Waals surface area contributed by atoms with E-state index in [1.165, 1.54) is 7.11 Å². The number of aryl methyl sites for hydroxylation is 1. The second kappa shape index (κ2) is 8.67. The zero-order valence-electron chi connectivity index (χ0n) is 15.2. The smallest absolute Gasteiger partial charge is 0.274 e. The van der Waals surface area contributed by atoms with E-state index in [9.17, 15) is 9.59 Å². The van der Waals surface area contributed by atoms with Gasteiger partial charge in [-0.3, -0.25) is 9.59 Å². The molecule has 0 aliphatic rings. The summed E-state index contributed by atoms with van der Waals surface area (Å²) in [7, 11) is 1.49. The number of methoxy groups -OCH3 is 1. The van der Waals surface area contributed by atoms with Crippen LogP contribution in [0.5, 0.6) is 5.75 Å². The van der Waals surface area contributed by atoms with Gasteiger partial charge in [0.25, 0.3) is 11.8 Å². The zero-order chi connectivity index (χ0) is 19.3. The van der Waals surface area contributed by atoms with Crippen molar-refractivity contribution in [2.75, 3.05) is 19.0 Å². The highest BCUT2D eigenvalue weighted by Crippen LogP contribution is 2.31. The number of hydrogen-bond acceptors (Lipinski definition) is 4. The van der Waals surface area contributed by atoms with Crippen molar-refractivity contribution in [3.63, 3.8) is 0 Å². The SMILES string of the molecule is COc1cc(Cl)c(C)cc1NC(=O)c1cccc(C(=O)NCC(C)C)n1. The van der Waals surface area contributed by atoms with Crippen LogP contribution in [-0.4, -0.2) is 30.5 Å². The average molecular weight is 376 g/mol. The molecule has 6 nitrogen and oxygen atoms in total. The molecule has 7 heteroatoms. The van der Waals surface area contributed by atoms with Crippen LogP contribution in [0.15, 0.2) is 30.3 Å². The van der Waals surface area contributed by atoms with Gasteiger partial charge >= 0.3 is 0 Å². The number of amides is 2. The number of carbonyl (C=O) groups is 2. The molecule has 0 spiro atoms. The minimum atomic E-state index is -0.441. The van der Waals surface area contributed by atoms with E-state index >= 15 is 0 Å². The Kier molecular flexibility index (Phi) is 6.58. The Morgan fingerprint density at radius 1 is 1.19 bits per heavy atom. The first-order chi connectivity index (χ1) is 12.3. The van der Waals surface area contributed by atoms with Crippen LogP contribution in [-0.2, 0) is 0 Å². The molecule has 1 aromatic carbocycles. The van der Waals surface area contributed by atoms with Gasteiger partial charge in [-0.05, 0) is 36.6 Å². The Morgan fingerprint density at radius 3 is 2.46 bits per heavy atom. The lowest BCUT2D eigenvalue weighted by Gasteiger charge is -2.12. The number of ether oxygens (including phenoxy) is 1. The van der Waals surface area contributed by atoms with Gasteiger partial charge in [-0.1, -0.05) is 31.5 Å². The molecule has 2 rings (SSSR count). The number of hydrogen-bond donors (Lipinski definition) is 2. The van der Waals surface area contributed by atoms with Gasteiger partial charge in [-0.15, -0.1) is 0 Å². The highest BCUT2D eigenvalue weighted by molar-refractivity contribution is 6.31. The summed E-state index contributed by atoms with van der Waals surface area (Å²) in [5, 5.41) is 6.07. The van der Waals surface area contributed by atoms with Gasteiger partial charge in [0.1, 0.15) is 17.1 Å². The molecular formula is C19H22ClN3O3. The Labute approximate surface area is 157 Å². The zero-order valence-corrected chi connectivity index (χ0v) is 16.0. The first-order valence-corrected chi connectivity index (χ1v) is 8.60. The molecular weight excluding hydrogens is 354 g/mol. The van der Waals surface area contributed by atoms with Crippen molar-refractivity contribution in [2.24, 2.45) is 5.92 Å². The lowest BCUT2D eigenvalue weighted by atomic mass is 10.2. The van der Waals surface area contributed by atoms with Crippen molar-refractivity contribution in [3.8, 4) is 5.75 Å². The van der Waals surface area contributed by atoms with Crippen molar-refractivity contribution in [3.05, 3.63) is 52.3 Å². The molecule has 2 N–H and O–H groups in total. The highest BCUT2D eigenvalue weighted by Gasteiger charge is 2.15. The molecule has 0 atom stereocenters. The van der Waals surface area contributed by atoms with E-state index in [1.807, 2.05) is 20.8 Å². The number of rotatable bonds is 6. The molecule has 138 valence electrons. The van der Waals surface area contributed by atoms with E-state index < -0.39 is 5.91 Å². The maximum absolute atomic E-state index is 12.5. The molecule has 0 radical (unpaired) electrons. The molecule has 0 saturated heterocycles. The van der Waals surface area contributed by atoms with Crippen LogP contribution in [0, 0.1) is 12.8 Å². The van der Waals surface area contributed by atoms with Gasteiger partial charge in [-0.25, -0.2) is 4.98 Å². The second-order valence-electron chi connectivity index (χ2n) is 6.27. The minimum Gasteiger partial charge on any atom is -0.495 e. The summed E-state index contributed by atoms with van der Waals surface area (Å²) in [5.74, 6) is 0.0163. The number of halogens is 1. The lowest BCUT2D eigenvalue weighted by Crippen LogP contribution is -2.28. The summed E-state index contributed by atoms with van der Waals surface area (Å²) in [4.78, 5) is 28.8. The summed E-state index contributed by atoms with van der Waals surface area (Å²) >= 11 is 6.08. The quantitative estimate of drug-likeness (QED) is 0.806. The van der Waals surface area contributed by atoms with Crippen LogP contribution in [0.4, 0.5) is 5.69 Å². The molecule has 0 unspecified atom stereocenters. The van der Waals surface area contributed by atoms with Crippen LogP contribution >= 0.6 is 11.6 Å². The largest absolute Gasteiger partial charge is 0.495 e. The van der Waals surface area contributed by atoms with Gasteiger partial charge in [0.05, 0.1) is 12.8 Å². The molecule has 0 fully saturated rings. The first kappa shape index (κ1) is 19.7.